The van der Waals surface area contributed by atoms with E-state index < -0.39 is 5.97 Å². The molecule has 0 aliphatic carbocycles. The summed E-state index contributed by atoms with van der Waals surface area (Å²) in [4.78, 5) is 15.4. The summed E-state index contributed by atoms with van der Waals surface area (Å²) >= 11 is 0. The molecular weight excluding hydrogens is 332 g/mol. The Labute approximate surface area is 149 Å². The highest BCUT2D eigenvalue weighted by atomic mass is 16.4. The lowest BCUT2D eigenvalue weighted by Gasteiger charge is -2.08. The quantitative estimate of drug-likeness (QED) is 0.573. The van der Waals surface area contributed by atoms with E-state index in [1.807, 2.05) is 38.4 Å². The number of carboxylic acids is 1. The first-order valence-electron chi connectivity index (χ1n) is 8.21. The maximum atomic E-state index is 11.0. The zero-order chi connectivity index (χ0) is 18.3. The zero-order valence-corrected chi connectivity index (χ0v) is 14.5. The number of aryl methyl sites for hydroxylation is 2. The molecule has 0 saturated heterocycles. The van der Waals surface area contributed by atoms with Crippen molar-refractivity contribution in [2.45, 2.75) is 20.0 Å². The van der Waals surface area contributed by atoms with Gasteiger partial charge < -0.3 is 10.4 Å². The van der Waals surface area contributed by atoms with Gasteiger partial charge in [-0.05, 0) is 36.8 Å². The fraction of sp³-hybridized carbons (Fsp3) is 0.222. The van der Waals surface area contributed by atoms with Gasteiger partial charge in [-0.3, -0.25) is 14.2 Å². The molecule has 3 aromatic heterocycles. The number of benzene rings is 1. The molecule has 0 spiro atoms. The second-order valence-electron chi connectivity index (χ2n) is 6.25. The number of carboxylic acid groups (broad SMARTS) is 1. The van der Waals surface area contributed by atoms with Gasteiger partial charge in [-0.15, -0.1) is 0 Å². The van der Waals surface area contributed by atoms with Gasteiger partial charge in [-0.2, -0.15) is 10.2 Å². The predicted octanol–water partition coefficient (Wildman–Crippen LogP) is 2.32. The first-order chi connectivity index (χ1) is 12.5. The van der Waals surface area contributed by atoms with Crippen LogP contribution in [0.25, 0.3) is 21.9 Å². The molecule has 0 aliphatic rings. The van der Waals surface area contributed by atoms with Crippen molar-refractivity contribution in [3.05, 3.63) is 47.9 Å². The van der Waals surface area contributed by atoms with Crippen molar-refractivity contribution in [1.29, 1.82) is 0 Å². The summed E-state index contributed by atoms with van der Waals surface area (Å²) in [5.41, 5.74) is 4.55. The summed E-state index contributed by atoms with van der Waals surface area (Å²) in [6.07, 6.45) is 3.51. The molecule has 0 atom stereocenters. The maximum absolute atomic E-state index is 11.0. The van der Waals surface area contributed by atoms with Crippen molar-refractivity contribution in [2.75, 3.05) is 5.32 Å². The van der Waals surface area contributed by atoms with Gasteiger partial charge in [0.2, 0.25) is 0 Å². The Hall–Kier alpha value is -3.42. The van der Waals surface area contributed by atoms with Gasteiger partial charge in [0.05, 0.1) is 17.4 Å². The summed E-state index contributed by atoms with van der Waals surface area (Å²) < 4.78 is 3.26. The largest absolute Gasteiger partial charge is 0.480 e. The lowest BCUT2D eigenvalue weighted by Crippen LogP contribution is -2.09. The van der Waals surface area contributed by atoms with E-state index in [-0.39, 0.29) is 6.54 Å². The van der Waals surface area contributed by atoms with Crippen molar-refractivity contribution in [2.24, 2.45) is 7.05 Å². The molecule has 0 aliphatic heterocycles. The molecule has 4 aromatic rings. The number of pyridine rings is 1. The smallest absolute Gasteiger partial charge is 0.325 e. The molecule has 2 N–H and O–H groups in total. The van der Waals surface area contributed by atoms with E-state index in [1.165, 1.54) is 4.68 Å². The Morgan fingerprint density at radius 1 is 1.27 bits per heavy atom. The van der Waals surface area contributed by atoms with Crippen LogP contribution in [0, 0.1) is 6.92 Å². The second-order valence-corrected chi connectivity index (χ2v) is 6.25. The van der Waals surface area contributed by atoms with Crippen LogP contribution in [0.4, 0.5) is 5.69 Å². The molecule has 0 fully saturated rings. The van der Waals surface area contributed by atoms with Gasteiger partial charge in [-0.25, -0.2) is 4.98 Å². The Morgan fingerprint density at radius 3 is 2.92 bits per heavy atom. The molecule has 0 amide bonds. The van der Waals surface area contributed by atoms with Crippen LogP contribution in [-0.2, 0) is 24.9 Å². The summed E-state index contributed by atoms with van der Waals surface area (Å²) in [5.74, 6) is -0.917. The average Bonchev–Trinajstić information content (AvgIpc) is 3.13. The van der Waals surface area contributed by atoms with Crippen LogP contribution in [-0.4, -0.2) is 35.6 Å². The highest BCUT2D eigenvalue weighted by molar-refractivity contribution is 5.83. The number of aromatic nitrogens is 5. The average molecular weight is 350 g/mol. The van der Waals surface area contributed by atoms with E-state index in [4.69, 9.17) is 5.11 Å². The number of nitrogens with zero attached hydrogens (tertiary/aromatic N) is 5. The predicted molar refractivity (Wildman–Crippen MR) is 97.9 cm³/mol. The minimum Gasteiger partial charge on any atom is -0.480 e. The molecule has 26 heavy (non-hydrogen) atoms. The molecule has 8 nitrogen and oxygen atoms in total. The van der Waals surface area contributed by atoms with Gasteiger partial charge in [-0.1, -0.05) is 0 Å². The summed E-state index contributed by atoms with van der Waals surface area (Å²) in [6.45, 7) is 2.42. The van der Waals surface area contributed by atoms with E-state index >= 15 is 0 Å². The van der Waals surface area contributed by atoms with Crippen LogP contribution < -0.4 is 5.32 Å². The number of rotatable bonds is 5. The van der Waals surface area contributed by atoms with Crippen molar-refractivity contribution in [1.82, 2.24) is 24.5 Å². The minimum atomic E-state index is -0.917. The third-order valence-corrected chi connectivity index (χ3v) is 4.35. The highest BCUT2D eigenvalue weighted by Gasteiger charge is 2.09. The van der Waals surface area contributed by atoms with E-state index in [2.05, 4.69) is 26.6 Å². The third kappa shape index (κ3) is 2.85. The van der Waals surface area contributed by atoms with E-state index in [1.54, 1.807) is 10.9 Å². The monoisotopic (exact) mass is 350 g/mol. The number of nitrogens with one attached hydrogen (secondary N) is 1. The SMILES string of the molecule is Cc1nn(C)c2ncc(CNc3ccc4cnn(CC(=O)O)c4c3)cc12. The lowest BCUT2D eigenvalue weighted by molar-refractivity contribution is -0.137. The second kappa shape index (κ2) is 6.14. The normalized spacial score (nSPS) is 11.3. The molecule has 8 heteroatoms. The Kier molecular flexibility index (Phi) is 3.80. The van der Waals surface area contributed by atoms with Crippen molar-refractivity contribution >= 4 is 33.6 Å². The fourth-order valence-electron chi connectivity index (χ4n) is 3.09. The van der Waals surface area contributed by atoms with Crippen LogP contribution in [0.3, 0.4) is 0 Å². The standard InChI is InChI=1S/C18H18N6O2/c1-11-15-5-12(8-20-18(15)23(2)22-11)7-19-14-4-3-13-9-21-24(10-17(25)26)16(13)6-14/h3-6,8-9,19H,7,10H2,1-2H3,(H,25,26). The highest BCUT2D eigenvalue weighted by Crippen LogP contribution is 2.21. The Balaban J connectivity index is 1.57. The maximum Gasteiger partial charge on any atom is 0.325 e. The number of fused-ring (bicyclic) bond motifs is 2. The van der Waals surface area contributed by atoms with Gasteiger partial charge in [0.25, 0.3) is 0 Å². The number of anilines is 1. The summed E-state index contributed by atoms with van der Waals surface area (Å²) in [7, 11) is 1.88. The zero-order valence-electron chi connectivity index (χ0n) is 14.5. The number of aliphatic carboxylic acids is 1. The molecule has 3 heterocycles. The van der Waals surface area contributed by atoms with Crippen LogP contribution in [0.5, 0.6) is 0 Å². The summed E-state index contributed by atoms with van der Waals surface area (Å²) in [6, 6.07) is 7.88. The first kappa shape index (κ1) is 16.1. The lowest BCUT2D eigenvalue weighted by atomic mass is 10.2. The minimum absolute atomic E-state index is 0.159. The Morgan fingerprint density at radius 2 is 2.12 bits per heavy atom. The Bertz CT molecular complexity index is 1130. The van der Waals surface area contributed by atoms with Gasteiger partial charge in [0.1, 0.15) is 6.54 Å². The number of hydrogen-bond acceptors (Lipinski definition) is 5. The molecule has 0 radical (unpaired) electrons. The van der Waals surface area contributed by atoms with E-state index in [0.29, 0.717) is 6.54 Å². The van der Waals surface area contributed by atoms with Crippen molar-refractivity contribution in [3.63, 3.8) is 0 Å². The van der Waals surface area contributed by atoms with E-state index in [0.717, 1.165) is 38.9 Å². The van der Waals surface area contributed by atoms with Crippen LogP contribution in [0.15, 0.2) is 36.7 Å². The molecule has 1 aromatic carbocycles. The van der Waals surface area contributed by atoms with E-state index in [9.17, 15) is 4.79 Å². The van der Waals surface area contributed by atoms with Crippen LogP contribution >= 0.6 is 0 Å². The van der Waals surface area contributed by atoms with Gasteiger partial charge in [0.15, 0.2) is 5.65 Å². The third-order valence-electron chi connectivity index (χ3n) is 4.35. The topological polar surface area (TPSA) is 97.9 Å². The van der Waals surface area contributed by atoms with Crippen LogP contribution in [0.1, 0.15) is 11.3 Å². The molecule has 0 unspecified atom stereocenters. The van der Waals surface area contributed by atoms with Crippen molar-refractivity contribution in [3.8, 4) is 0 Å². The number of carbonyl (C=O) groups is 1. The molecular formula is C18H18N6O2. The van der Waals surface area contributed by atoms with Gasteiger partial charge in [0, 0.05) is 36.2 Å². The molecule has 132 valence electrons. The number of hydrogen-bond donors (Lipinski definition) is 2. The van der Waals surface area contributed by atoms with Gasteiger partial charge >= 0.3 is 5.97 Å². The molecule has 0 bridgehead atoms. The fourth-order valence-corrected chi connectivity index (χ4v) is 3.09. The molecule has 4 rings (SSSR count). The molecule has 0 saturated carbocycles. The summed E-state index contributed by atoms with van der Waals surface area (Å²) in [5, 5.41) is 22.8. The first-order valence-corrected chi connectivity index (χ1v) is 8.21. The van der Waals surface area contributed by atoms with Crippen LogP contribution in [0.2, 0.25) is 0 Å². The van der Waals surface area contributed by atoms with Crippen molar-refractivity contribution < 1.29 is 9.90 Å².